The first-order valence-electron chi connectivity index (χ1n) is 5.13. The fourth-order valence-corrected chi connectivity index (χ4v) is 1.67. The summed E-state index contributed by atoms with van der Waals surface area (Å²) < 4.78 is 35.6. The van der Waals surface area contributed by atoms with Gasteiger partial charge in [-0.2, -0.15) is 13.2 Å². The van der Waals surface area contributed by atoms with Crippen LogP contribution in [0.5, 0.6) is 0 Å². The summed E-state index contributed by atoms with van der Waals surface area (Å²) in [4.78, 5) is 13.2. The summed E-state index contributed by atoms with van der Waals surface area (Å²) in [6.45, 7) is 1.52. The normalized spacial score (nSPS) is 24.4. The van der Waals surface area contributed by atoms with Gasteiger partial charge in [0, 0.05) is 19.1 Å². The van der Waals surface area contributed by atoms with Crippen LogP contribution in [0.15, 0.2) is 0 Å². The summed E-state index contributed by atoms with van der Waals surface area (Å²) in [7, 11) is 0. The van der Waals surface area contributed by atoms with Crippen LogP contribution >= 0.6 is 0 Å². The third-order valence-corrected chi connectivity index (χ3v) is 2.65. The number of hydrogen-bond acceptors (Lipinski definition) is 3. The van der Waals surface area contributed by atoms with Crippen molar-refractivity contribution >= 4 is 5.91 Å². The lowest BCUT2D eigenvalue weighted by atomic mass is 10.2. The van der Waals surface area contributed by atoms with Gasteiger partial charge in [0.15, 0.2) is 0 Å². The van der Waals surface area contributed by atoms with Gasteiger partial charge in [-0.3, -0.25) is 9.69 Å². The molecule has 16 heavy (non-hydrogen) atoms. The van der Waals surface area contributed by atoms with E-state index in [1.54, 1.807) is 11.8 Å². The molecule has 0 saturated carbocycles. The predicted octanol–water partition coefficient (Wildman–Crippen LogP) is 0.0864. The topological polar surface area (TPSA) is 58.4 Å². The molecule has 0 aliphatic carbocycles. The van der Waals surface area contributed by atoms with Crippen molar-refractivity contribution in [3.8, 4) is 0 Å². The Morgan fingerprint density at radius 3 is 2.69 bits per heavy atom. The van der Waals surface area contributed by atoms with E-state index in [4.69, 9.17) is 5.73 Å². The highest BCUT2D eigenvalue weighted by molar-refractivity contribution is 5.81. The molecule has 0 spiro atoms. The van der Waals surface area contributed by atoms with Crippen LogP contribution in [0.3, 0.4) is 0 Å². The second-order valence-electron chi connectivity index (χ2n) is 4.05. The fourth-order valence-electron chi connectivity index (χ4n) is 1.67. The maximum Gasteiger partial charge on any atom is 0.405 e. The van der Waals surface area contributed by atoms with Gasteiger partial charge in [-0.15, -0.1) is 0 Å². The number of nitrogens with zero attached hydrogens (tertiary/aromatic N) is 1. The summed E-state index contributed by atoms with van der Waals surface area (Å²) in [6.07, 6.45) is -3.59. The Morgan fingerprint density at radius 1 is 1.62 bits per heavy atom. The van der Waals surface area contributed by atoms with Crippen LogP contribution in [-0.4, -0.2) is 48.7 Å². The summed E-state index contributed by atoms with van der Waals surface area (Å²) in [6, 6.07) is -0.547. The molecule has 1 amide bonds. The molecule has 2 atom stereocenters. The minimum Gasteiger partial charge on any atom is -0.346 e. The Kier molecular flexibility index (Phi) is 4.15. The first-order chi connectivity index (χ1) is 7.29. The van der Waals surface area contributed by atoms with E-state index in [0.29, 0.717) is 13.1 Å². The van der Waals surface area contributed by atoms with Crippen molar-refractivity contribution in [2.75, 3.05) is 19.6 Å². The molecule has 1 saturated heterocycles. The third-order valence-electron chi connectivity index (χ3n) is 2.65. The lowest BCUT2D eigenvalue weighted by molar-refractivity contribution is -0.141. The Balaban J connectivity index is 2.36. The summed E-state index contributed by atoms with van der Waals surface area (Å²) in [5.74, 6) is -0.605. The molecule has 1 heterocycles. The molecule has 1 aliphatic rings. The monoisotopic (exact) mass is 239 g/mol. The van der Waals surface area contributed by atoms with E-state index in [-0.39, 0.29) is 6.04 Å². The first kappa shape index (κ1) is 13.2. The van der Waals surface area contributed by atoms with Crippen LogP contribution in [0.4, 0.5) is 13.2 Å². The minimum absolute atomic E-state index is 0.0119. The van der Waals surface area contributed by atoms with Crippen molar-refractivity contribution in [2.45, 2.75) is 31.6 Å². The van der Waals surface area contributed by atoms with Crippen molar-refractivity contribution in [1.82, 2.24) is 10.2 Å². The zero-order valence-corrected chi connectivity index (χ0v) is 9.05. The fraction of sp³-hybridized carbons (Fsp3) is 0.889. The van der Waals surface area contributed by atoms with E-state index in [1.165, 1.54) is 0 Å². The number of carbonyl (C=O) groups excluding carboxylic acids is 1. The van der Waals surface area contributed by atoms with Gasteiger partial charge >= 0.3 is 6.18 Å². The molecule has 0 aromatic carbocycles. The highest BCUT2D eigenvalue weighted by atomic mass is 19.4. The number of hydrogen-bond donors (Lipinski definition) is 2. The summed E-state index contributed by atoms with van der Waals surface area (Å²) in [5.41, 5.74) is 5.65. The van der Waals surface area contributed by atoms with Crippen molar-refractivity contribution in [3.63, 3.8) is 0 Å². The minimum atomic E-state index is -4.36. The molecule has 1 rings (SSSR count). The second-order valence-corrected chi connectivity index (χ2v) is 4.05. The van der Waals surface area contributed by atoms with Crippen LogP contribution < -0.4 is 11.1 Å². The third kappa shape index (κ3) is 3.97. The lowest BCUT2D eigenvalue weighted by Gasteiger charge is -2.23. The van der Waals surface area contributed by atoms with Gasteiger partial charge in [-0.25, -0.2) is 0 Å². The average Bonchev–Trinajstić information content (AvgIpc) is 2.59. The lowest BCUT2D eigenvalue weighted by Crippen LogP contribution is -2.47. The number of alkyl halides is 3. The highest BCUT2D eigenvalue weighted by Crippen LogP contribution is 2.14. The molecule has 3 N–H and O–H groups in total. The molecule has 1 fully saturated rings. The molecular weight excluding hydrogens is 223 g/mol. The van der Waals surface area contributed by atoms with Crippen molar-refractivity contribution in [3.05, 3.63) is 0 Å². The number of nitrogens with two attached hydrogens (primary N) is 1. The number of nitrogens with one attached hydrogen (secondary N) is 1. The molecule has 1 unspecified atom stereocenters. The van der Waals surface area contributed by atoms with Gasteiger partial charge in [0.2, 0.25) is 5.91 Å². The number of amides is 1. The van der Waals surface area contributed by atoms with E-state index in [2.05, 4.69) is 0 Å². The zero-order chi connectivity index (χ0) is 12.3. The van der Waals surface area contributed by atoms with Crippen LogP contribution in [0.1, 0.15) is 13.3 Å². The van der Waals surface area contributed by atoms with E-state index in [1.807, 2.05) is 5.32 Å². The molecule has 4 nitrogen and oxygen atoms in total. The van der Waals surface area contributed by atoms with Crippen molar-refractivity contribution in [1.29, 1.82) is 0 Å². The molecular formula is C9H16F3N3O. The number of rotatable bonds is 3. The van der Waals surface area contributed by atoms with Gasteiger partial charge in [0.1, 0.15) is 6.54 Å². The largest absolute Gasteiger partial charge is 0.405 e. The number of halogens is 3. The molecule has 7 heteroatoms. The Morgan fingerprint density at radius 2 is 2.25 bits per heavy atom. The quantitative estimate of drug-likeness (QED) is 0.733. The smallest absolute Gasteiger partial charge is 0.346 e. The van der Waals surface area contributed by atoms with Crippen LogP contribution in [0.2, 0.25) is 0 Å². The predicted molar refractivity (Wildman–Crippen MR) is 52.7 cm³/mol. The SMILES string of the molecule is CC(C(=O)NCC(F)(F)F)N1CC[C@@H](N)C1. The van der Waals surface area contributed by atoms with Crippen molar-refractivity contribution in [2.24, 2.45) is 5.73 Å². The van der Waals surface area contributed by atoms with E-state index >= 15 is 0 Å². The molecule has 0 aromatic heterocycles. The summed E-state index contributed by atoms with van der Waals surface area (Å²) >= 11 is 0. The molecule has 94 valence electrons. The van der Waals surface area contributed by atoms with Crippen molar-refractivity contribution < 1.29 is 18.0 Å². The van der Waals surface area contributed by atoms with Gasteiger partial charge in [0.25, 0.3) is 0 Å². The molecule has 0 bridgehead atoms. The number of likely N-dealkylation sites (tertiary alicyclic amines) is 1. The maximum absolute atomic E-state index is 11.9. The molecule has 0 aromatic rings. The first-order valence-corrected chi connectivity index (χ1v) is 5.13. The van der Waals surface area contributed by atoms with E-state index in [0.717, 1.165) is 6.42 Å². The highest BCUT2D eigenvalue weighted by Gasteiger charge is 2.31. The average molecular weight is 239 g/mol. The second kappa shape index (κ2) is 5.01. The zero-order valence-electron chi connectivity index (χ0n) is 9.05. The van der Waals surface area contributed by atoms with Gasteiger partial charge < -0.3 is 11.1 Å². The Hall–Kier alpha value is -0.820. The molecule has 1 aliphatic heterocycles. The van der Waals surface area contributed by atoms with Crippen LogP contribution in [-0.2, 0) is 4.79 Å². The van der Waals surface area contributed by atoms with Crippen LogP contribution in [0, 0.1) is 0 Å². The molecule has 0 radical (unpaired) electrons. The van der Waals surface area contributed by atoms with E-state index < -0.39 is 24.7 Å². The van der Waals surface area contributed by atoms with Gasteiger partial charge in [-0.05, 0) is 13.3 Å². The number of carbonyl (C=O) groups is 1. The maximum atomic E-state index is 11.9. The van der Waals surface area contributed by atoms with Crippen LogP contribution in [0.25, 0.3) is 0 Å². The Labute approximate surface area is 92.0 Å². The van der Waals surface area contributed by atoms with Gasteiger partial charge in [-0.1, -0.05) is 0 Å². The standard InChI is InChI=1S/C9H16F3N3O/c1-6(15-3-2-7(13)4-15)8(16)14-5-9(10,11)12/h6-7H,2-5,13H2,1H3,(H,14,16)/t6?,7-/m1/s1. The Bertz CT molecular complexity index is 257. The van der Waals surface area contributed by atoms with E-state index in [9.17, 15) is 18.0 Å². The summed E-state index contributed by atoms with van der Waals surface area (Å²) in [5, 5.41) is 1.87. The van der Waals surface area contributed by atoms with Gasteiger partial charge in [0.05, 0.1) is 6.04 Å².